The Kier molecular flexibility index (Phi) is 6.45. The molecular weight excluding hydrogens is 230 g/mol. The fraction of sp³-hybridized carbons (Fsp3) is 0.571. The van der Waals surface area contributed by atoms with Gasteiger partial charge in [-0.15, -0.1) is 0 Å². The van der Waals surface area contributed by atoms with E-state index in [4.69, 9.17) is 5.73 Å². The zero-order chi connectivity index (χ0) is 12.7. The first-order valence-corrected chi connectivity index (χ1v) is 7.73. The first-order chi connectivity index (χ1) is 8.08. The van der Waals surface area contributed by atoms with E-state index in [1.54, 1.807) is 0 Å². The van der Waals surface area contributed by atoms with Crippen molar-refractivity contribution in [3.05, 3.63) is 35.4 Å². The minimum Gasteiger partial charge on any atom is -0.328 e. The molecule has 0 radical (unpaired) electrons. The van der Waals surface area contributed by atoms with Crippen LogP contribution in [0, 0.1) is 6.92 Å². The third kappa shape index (κ3) is 6.59. The van der Waals surface area contributed by atoms with Crippen LogP contribution in [-0.2, 0) is 16.6 Å². The van der Waals surface area contributed by atoms with Crippen LogP contribution in [0.3, 0.4) is 0 Å². The normalized spacial score (nSPS) is 14.5. The molecule has 0 saturated heterocycles. The summed E-state index contributed by atoms with van der Waals surface area (Å²) in [5.74, 6) is 1.47. The van der Waals surface area contributed by atoms with Gasteiger partial charge in [0.1, 0.15) is 0 Å². The molecule has 17 heavy (non-hydrogen) atoms. The van der Waals surface area contributed by atoms with E-state index in [2.05, 4.69) is 19.1 Å². The lowest BCUT2D eigenvalue weighted by molar-refractivity contribution is 0.613. The Morgan fingerprint density at radius 1 is 1.35 bits per heavy atom. The number of nitrogens with two attached hydrogens (primary N) is 1. The highest BCUT2D eigenvalue weighted by Crippen LogP contribution is 2.08. The summed E-state index contributed by atoms with van der Waals surface area (Å²) < 4.78 is 11.8. The van der Waals surface area contributed by atoms with Gasteiger partial charge in [0.25, 0.3) is 0 Å². The van der Waals surface area contributed by atoms with E-state index < -0.39 is 10.8 Å². The van der Waals surface area contributed by atoms with Crippen molar-refractivity contribution in [2.24, 2.45) is 5.73 Å². The van der Waals surface area contributed by atoms with Gasteiger partial charge in [-0.1, -0.05) is 36.2 Å². The maximum atomic E-state index is 11.8. The summed E-state index contributed by atoms with van der Waals surface area (Å²) in [5.41, 5.74) is 8.08. The first kappa shape index (κ1) is 14.4. The van der Waals surface area contributed by atoms with Crippen molar-refractivity contribution in [1.29, 1.82) is 0 Å². The summed E-state index contributed by atoms with van der Waals surface area (Å²) in [6.45, 7) is 4.08. The lowest BCUT2D eigenvalue weighted by Crippen LogP contribution is -2.14. The van der Waals surface area contributed by atoms with Gasteiger partial charge >= 0.3 is 0 Å². The van der Waals surface area contributed by atoms with Crippen LogP contribution in [0.2, 0.25) is 0 Å². The number of aryl methyl sites for hydroxylation is 1. The maximum Gasteiger partial charge on any atom is 0.0485 e. The second kappa shape index (κ2) is 7.62. The second-order valence-electron chi connectivity index (χ2n) is 4.75. The summed E-state index contributed by atoms with van der Waals surface area (Å²) in [4.78, 5) is 0. The average Bonchev–Trinajstić information content (AvgIpc) is 2.24. The van der Waals surface area contributed by atoms with E-state index in [0.29, 0.717) is 5.75 Å². The molecule has 0 aliphatic rings. The lowest BCUT2D eigenvalue weighted by atomic mass is 10.2. The van der Waals surface area contributed by atoms with E-state index in [0.717, 1.165) is 25.0 Å². The van der Waals surface area contributed by atoms with Gasteiger partial charge in [-0.05, 0) is 32.3 Å². The van der Waals surface area contributed by atoms with E-state index in [-0.39, 0.29) is 6.04 Å². The quantitative estimate of drug-likeness (QED) is 0.759. The van der Waals surface area contributed by atoms with E-state index in [1.165, 1.54) is 11.1 Å². The topological polar surface area (TPSA) is 43.1 Å². The van der Waals surface area contributed by atoms with Gasteiger partial charge in [-0.25, -0.2) is 0 Å². The average molecular weight is 253 g/mol. The van der Waals surface area contributed by atoms with Gasteiger partial charge < -0.3 is 5.73 Å². The Hall–Kier alpha value is -0.670. The van der Waals surface area contributed by atoms with Crippen LogP contribution in [0.4, 0.5) is 0 Å². The molecule has 0 aromatic heterocycles. The Morgan fingerprint density at radius 3 is 2.76 bits per heavy atom. The molecule has 0 aliphatic carbocycles. The molecule has 1 rings (SSSR count). The molecule has 0 heterocycles. The molecule has 0 bridgehead atoms. The molecule has 2 atom stereocenters. The predicted molar refractivity (Wildman–Crippen MR) is 75.4 cm³/mol. The monoisotopic (exact) mass is 253 g/mol. The van der Waals surface area contributed by atoms with E-state index in [1.807, 2.05) is 19.1 Å². The van der Waals surface area contributed by atoms with Crippen LogP contribution in [-0.4, -0.2) is 16.0 Å². The van der Waals surface area contributed by atoms with Gasteiger partial charge in [0.15, 0.2) is 0 Å². The standard InChI is InChI=1S/C14H23NOS/c1-12-6-5-8-14(10-12)11-17(16)9-4-3-7-13(2)15/h5-6,8,10,13H,3-4,7,9,11,15H2,1-2H3. The molecule has 2 unspecified atom stereocenters. The fourth-order valence-corrected chi connectivity index (χ4v) is 3.01. The molecule has 2 N–H and O–H groups in total. The molecule has 1 aromatic rings. The number of benzene rings is 1. The van der Waals surface area contributed by atoms with Crippen molar-refractivity contribution in [2.75, 3.05) is 5.75 Å². The summed E-state index contributed by atoms with van der Waals surface area (Å²) in [7, 11) is -0.735. The van der Waals surface area contributed by atoms with Gasteiger partial charge in [0.05, 0.1) is 0 Å². The summed E-state index contributed by atoms with van der Waals surface area (Å²) in [5, 5.41) is 0. The summed E-state index contributed by atoms with van der Waals surface area (Å²) in [6.07, 6.45) is 3.12. The zero-order valence-electron chi connectivity index (χ0n) is 10.8. The Balaban J connectivity index is 2.25. The van der Waals surface area contributed by atoms with Crippen LogP contribution in [0.25, 0.3) is 0 Å². The third-order valence-corrected chi connectivity index (χ3v) is 4.09. The van der Waals surface area contributed by atoms with Gasteiger partial charge in [0, 0.05) is 28.3 Å². The predicted octanol–water partition coefficient (Wildman–Crippen LogP) is 2.76. The number of rotatable bonds is 7. The van der Waals surface area contributed by atoms with E-state index in [9.17, 15) is 4.21 Å². The summed E-state index contributed by atoms with van der Waals surface area (Å²) in [6, 6.07) is 8.51. The number of unbranched alkanes of at least 4 members (excludes halogenated alkanes) is 1. The van der Waals surface area contributed by atoms with Crippen molar-refractivity contribution >= 4 is 10.8 Å². The van der Waals surface area contributed by atoms with Crippen LogP contribution >= 0.6 is 0 Å². The van der Waals surface area contributed by atoms with Crippen molar-refractivity contribution in [3.8, 4) is 0 Å². The van der Waals surface area contributed by atoms with Crippen LogP contribution in [0.15, 0.2) is 24.3 Å². The largest absolute Gasteiger partial charge is 0.328 e. The minimum atomic E-state index is -0.735. The van der Waals surface area contributed by atoms with Crippen molar-refractivity contribution in [3.63, 3.8) is 0 Å². The van der Waals surface area contributed by atoms with Crippen molar-refractivity contribution < 1.29 is 4.21 Å². The van der Waals surface area contributed by atoms with Crippen LogP contribution < -0.4 is 5.73 Å². The Bertz CT molecular complexity index is 363. The number of hydrogen-bond donors (Lipinski definition) is 1. The highest BCUT2D eigenvalue weighted by molar-refractivity contribution is 7.84. The lowest BCUT2D eigenvalue weighted by Gasteiger charge is -2.05. The molecule has 0 aliphatic heterocycles. The highest BCUT2D eigenvalue weighted by Gasteiger charge is 2.02. The third-order valence-electron chi connectivity index (χ3n) is 2.69. The smallest absolute Gasteiger partial charge is 0.0485 e. The molecule has 0 fully saturated rings. The molecule has 96 valence electrons. The molecule has 0 amide bonds. The number of hydrogen-bond acceptors (Lipinski definition) is 2. The summed E-state index contributed by atoms with van der Waals surface area (Å²) >= 11 is 0. The van der Waals surface area contributed by atoms with Gasteiger partial charge in [-0.2, -0.15) is 0 Å². The SMILES string of the molecule is Cc1cccc(CS(=O)CCCCC(C)N)c1. The Morgan fingerprint density at radius 2 is 2.12 bits per heavy atom. The van der Waals surface area contributed by atoms with E-state index >= 15 is 0 Å². The molecule has 2 nitrogen and oxygen atoms in total. The fourth-order valence-electron chi connectivity index (χ4n) is 1.79. The maximum absolute atomic E-state index is 11.8. The molecule has 0 spiro atoms. The molecule has 3 heteroatoms. The minimum absolute atomic E-state index is 0.264. The molecule has 1 aromatic carbocycles. The van der Waals surface area contributed by atoms with Crippen LogP contribution in [0.5, 0.6) is 0 Å². The van der Waals surface area contributed by atoms with Gasteiger partial charge in [0.2, 0.25) is 0 Å². The second-order valence-corrected chi connectivity index (χ2v) is 6.33. The van der Waals surface area contributed by atoms with Crippen molar-refractivity contribution in [2.45, 2.75) is 44.9 Å². The van der Waals surface area contributed by atoms with Crippen LogP contribution in [0.1, 0.15) is 37.3 Å². The zero-order valence-corrected chi connectivity index (χ0v) is 11.6. The van der Waals surface area contributed by atoms with Crippen molar-refractivity contribution in [1.82, 2.24) is 0 Å². The molecular formula is C14H23NOS. The molecule has 0 saturated carbocycles. The van der Waals surface area contributed by atoms with Gasteiger partial charge in [-0.3, -0.25) is 4.21 Å². The Labute approximate surface area is 107 Å². The first-order valence-electron chi connectivity index (χ1n) is 6.24. The highest BCUT2D eigenvalue weighted by atomic mass is 32.2.